The van der Waals surface area contributed by atoms with Crippen molar-refractivity contribution in [2.75, 3.05) is 24.0 Å². The van der Waals surface area contributed by atoms with Crippen LogP contribution < -0.4 is 14.4 Å². The maximum absolute atomic E-state index is 13.5. The van der Waals surface area contributed by atoms with Gasteiger partial charge in [0.05, 0.1) is 27.2 Å². The molecule has 192 valence electrons. The van der Waals surface area contributed by atoms with Gasteiger partial charge in [-0.1, -0.05) is 85.9 Å². The van der Waals surface area contributed by atoms with Crippen molar-refractivity contribution in [3.05, 3.63) is 87.9 Å². The van der Waals surface area contributed by atoms with Crippen LogP contribution in [0.15, 0.2) is 71.6 Å². The molecule has 0 aromatic heterocycles. The zero-order valence-electron chi connectivity index (χ0n) is 20.7. The van der Waals surface area contributed by atoms with Gasteiger partial charge in [0, 0.05) is 0 Å². The molecule has 0 fully saturated rings. The summed E-state index contributed by atoms with van der Waals surface area (Å²) in [7, 11) is -4.10. The number of amides is 1. The van der Waals surface area contributed by atoms with Gasteiger partial charge in [-0.3, -0.25) is 9.10 Å². The van der Waals surface area contributed by atoms with Gasteiger partial charge in [0.25, 0.3) is 10.0 Å². The summed E-state index contributed by atoms with van der Waals surface area (Å²) in [6, 6.07) is 18.8. The van der Waals surface area contributed by atoms with Crippen LogP contribution in [0.1, 0.15) is 31.9 Å². The highest BCUT2D eigenvalue weighted by Gasteiger charge is 2.29. The predicted octanol–water partition coefficient (Wildman–Crippen LogP) is 5.99. The third kappa shape index (κ3) is 6.72. The fraction of sp³-hybridized carbons (Fsp3) is 0.296. The standard InChI is InChI=1S/C27H30Cl2N2O4S/c1-19-12-14-20(15-13-19)36(33,34)31(23-10-7-9-22(28)26(23)29)18-25(32)30-16-17-35-24-11-6-5-8-21(24)27(2,3)4/h5-15H,16-18H2,1-4H3,(H,30,32). The first-order valence-electron chi connectivity index (χ1n) is 11.4. The molecule has 0 atom stereocenters. The van der Waals surface area contributed by atoms with Crippen LogP contribution in [-0.2, 0) is 20.2 Å². The monoisotopic (exact) mass is 548 g/mol. The van der Waals surface area contributed by atoms with E-state index in [1.54, 1.807) is 24.3 Å². The average Bonchev–Trinajstić information content (AvgIpc) is 2.82. The normalized spacial score (nSPS) is 11.7. The third-order valence-electron chi connectivity index (χ3n) is 5.47. The molecule has 0 radical (unpaired) electrons. The number of rotatable bonds is 9. The van der Waals surface area contributed by atoms with Gasteiger partial charge in [-0.05, 0) is 48.2 Å². The molecule has 6 nitrogen and oxygen atoms in total. The van der Waals surface area contributed by atoms with Crippen LogP contribution in [0.2, 0.25) is 10.0 Å². The number of ether oxygens (including phenoxy) is 1. The summed E-state index contributed by atoms with van der Waals surface area (Å²) >= 11 is 12.5. The highest BCUT2D eigenvalue weighted by molar-refractivity contribution is 7.92. The predicted molar refractivity (Wildman–Crippen MR) is 146 cm³/mol. The Kier molecular flexibility index (Phi) is 8.93. The fourth-order valence-electron chi connectivity index (χ4n) is 3.57. The number of carbonyl (C=O) groups excluding carboxylic acids is 1. The summed E-state index contributed by atoms with van der Waals surface area (Å²) in [6.07, 6.45) is 0. The molecule has 0 aliphatic heterocycles. The Balaban J connectivity index is 1.75. The van der Waals surface area contributed by atoms with Crippen molar-refractivity contribution in [1.29, 1.82) is 0 Å². The summed E-state index contributed by atoms with van der Waals surface area (Å²) < 4.78 is 33.9. The molecule has 3 aromatic rings. The number of hydrogen-bond acceptors (Lipinski definition) is 4. The Labute approximate surface area is 223 Å². The van der Waals surface area contributed by atoms with E-state index < -0.39 is 22.5 Å². The summed E-state index contributed by atoms with van der Waals surface area (Å²) in [5.41, 5.74) is 1.99. The maximum Gasteiger partial charge on any atom is 0.264 e. The van der Waals surface area contributed by atoms with Crippen molar-refractivity contribution >= 4 is 44.8 Å². The van der Waals surface area contributed by atoms with Crippen LogP contribution in [0.3, 0.4) is 0 Å². The Morgan fingerprint density at radius 2 is 1.64 bits per heavy atom. The molecule has 3 aromatic carbocycles. The summed E-state index contributed by atoms with van der Waals surface area (Å²) in [5.74, 6) is 0.239. The lowest BCUT2D eigenvalue weighted by atomic mass is 9.86. The van der Waals surface area contributed by atoms with Crippen molar-refractivity contribution in [1.82, 2.24) is 5.32 Å². The van der Waals surface area contributed by atoms with E-state index in [2.05, 4.69) is 26.1 Å². The van der Waals surface area contributed by atoms with Crippen molar-refractivity contribution in [3.8, 4) is 5.75 Å². The Hall–Kier alpha value is -2.74. The lowest BCUT2D eigenvalue weighted by Crippen LogP contribution is -2.42. The number of halogens is 2. The molecule has 0 aliphatic carbocycles. The van der Waals surface area contributed by atoms with Crippen molar-refractivity contribution in [2.45, 2.75) is 38.0 Å². The smallest absolute Gasteiger partial charge is 0.264 e. The van der Waals surface area contributed by atoms with E-state index in [9.17, 15) is 13.2 Å². The number of benzene rings is 3. The van der Waals surface area contributed by atoms with Crippen LogP contribution in [0.4, 0.5) is 5.69 Å². The Morgan fingerprint density at radius 1 is 0.972 bits per heavy atom. The molecule has 3 rings (SSSR count). The zero-order valence-corrected chi connectivity index (χ0v) is 23.0. The Bertz CT molecular complexity index is 1320. The van der Waals surface area contributed by atoms with Gasteiger partial charge in [-0.2, -0.15) is 0 Å². The largest absolute Gasteiger partial charge is 0.491 e. The van der Waals surface area contributed by atoms with Crippen molar-refractivity contribution < 1.29 is 17.9 Å². The first-order valence-corrected chi connectivity index (χ1v) is 13.6. The molecule has 0 spiro atoms. The first-order chi connectivity index (χ1) is 16.9. The molecule has 9 heteroatoms. The van der Waals surface area contributed by atoms with Gasteiger partial charge < -0.3 is 10.1 Å². The average molecular weight is 550 g/mol. The Morgan fingerprint density at radius 3 is 2.31 bits per heavy atom. The zero-order chi connectivity index (χ0) is 26.5. The molecular weight excluding hydrogens is 519 g/mol. The lowest BCUT2D eigenvalue weighted by Gasteiger charge is -2.25. The van der Waals surface area contributed by atoms with Crippen molar-refractivity contribution in [3.63, 3.8) is 0 Å². The number of hydrogen-bond donors (Lipinski definition) is 1. The van der Waals surface area contributed by atoms with Crippen LogP contribution >= 0.6 is 23.2 Å². The SMILES string of the molecule is Cc1ccc(S(=O)(=O)N(CC(=O)NCCOc2ccccc2C(C)(C)C)c2cccc(Cl)c2Cl)cc1. The number of nitrogens with zero attached hydrogens (tertiary/aromatic N) is 1. The number of aryl methyl sites for hydroxylation is 1. The molecule has 0 saturated carbocycles. The van der Waals surface area contributed by atoms with E-state index in [4.69, 9.17) is 27.9 Å². The number of para-hydroxylation sites is 1. The van der Waals surface area contributed by atoms with Gasteiger partial charge in [0.2, 0.25) is 5.91 Å². The van der Waals surface area contributed by atoms with E-state index in [1.165, 1.54) is 18.2 Å². The van der Waals surface area contributed by atoms with E-state index in [-0.39, 0.29) is 39.2 Å². The molecule has 1 amide bonds. The molecule has 0 bridgehead atoms. The molecule has 0 saturated heterocycles. The number of nitrogens with one attached hydrogen (secondary N) is 1. The molecule has 0 unspecified atom stereocenters. The topological polar surface area (TPSA) is 75.7 Å². The molecule has 0 aliphatic rings. The minimum Gasteiger partial charge on any atom is -0.491 e. The second kappa shape index (κ2) is 11.5. The minimum absolute atomic E-state index is 0.0408. The first kappa shape index (κ1) is 27.8. The second-order valence-electron chi connectivity index (χ2n) is 9.34. The van der Waals surface area contributed by atoms with Crippen LogP contribution in [0, 0.1) is 6.92 Å². The number of carbonyl (C=O) groups is 1. The lowest BCUT2D eigenvalue weighted by molar-refractivity contribution is -0.119. The summed E-state index contributed by atoms with van der Waals surface area (Å²) in [4.78, 5) is 12.9. The van der Waals surface area contributed by atoms with Gasteiger partial charge in [0.1, 0.15) is 18.9 Å². The van der Waals surface area contributed by atoms with Crippen LogP contribution in [-0.4, -0.2) is 34.0 Å². The summed E-state index contributed by atoms with van der Waals surface area (Å²) in [5, 5.41) is 2.96. The third-order valence-corrected chi connectivity index (χ3v) is 8.06. The van der Waals surface area contributed by atoms with E-state index in [1.807, 2.05) is 31.2 Å². The highest BCUT2D eigenvalue weighted by Crippen LogP contribution is 2.35. The van der Waals surface area contributed by atoms with E-state index in [0.29, 0.717) is 0 Å². The molecule has 36 heavy (non-hydrogen) atoms. The maximum atomic E-state index is 13.5. The fourth-order valence-corrected chi connectivity index (χ4v) is 5.45. The van der Waals surface area contributed by atoms with E-state index in [0.717, 1.165) is 21.2 Å². The van der Waals surface area contributed by atoms with Crippen molar-refractivity contribution in [2.24, 2.45) is 0 Å². The van der Waals surface area contributed by atoms with E-state index >= 15 is 0 Å². The van der Waals surface area contributed by atoms with Gasteiger partial charge in [-0.25, -0.2) is 8.42 Å². The molecule has 0 heterocycles. The van der Waals surface area contributed by atoms with Crippen LogP contribution in [0.25, 0.3) is 0 Å². The molecule has 1 N–H and O–H groups in total. The van der Waals surface area contributed by atoms with Crippen LogP contribution in [0.5, 0.6) is 5.75 Å². The number of anilines is 1. The quantitative estimate of drug-likeness (QED) is 0.333. The number of sulfonamides is 1. The molecular formula is C27H30Cl2N2O4S. The highest BCUT2D eigenvalue weighted by atomic mass is 35.5. The van der Waals surface area contributed by atoms with Gasteiger partial charge in [-0.15, -0.1) is 0 Å². The van der Waals surface area contributed by atoms with Gasteiger partial charge in [0.15, 0.2) is 0 Å². The summed E-state index contributed by atoms with van der Waals surface area (Å²) in [6.45, 7) is 8.09. The van der Waals surface area contributed by atoms with Gasteiger partial charge >= 0.3 is 0 Å². The second-order valence-corrected chi connectivity index (χ2v) is 12.0. The minimum atomic E-state index is -4.10.